The molecule has 1 aromatic carbocycles. The average Bonchev–Trinajstić information content (AvgIpc) is 3.20. The number of nitrogens with one attached hydrogen (secondary N) is 3. The van der Waals surface area contributed by atoms with Gasteiger partial charge in [0.1, 0.15) is 6.54 Å². The molecular formula is C17H17N5O3. The highest BCUT2D eigenvalue weighted by Crippen LogP contribution is 2.20. The second kappa shape index (κ2) is 6.04. The number of rotatable bonds is 3. The first-order chi connectivity index (χ1) is 12.1. The van der Waals surface area contributed by atoms with Crippen molar-refractivity contribution in [2.45, 2.75) is 25.3 Å². The highest BCUT2D eigenvalue weighted by atomic mass is 16.2. The Labute approximate surface area is 143 Å². The van der Waals surface area contributed by atoms with Crippen LogP contribution < -0.4 is 15.5 Å². The van der Waals surface area contributed by atoms with Crippen LogP contribution in [0.3, 0.4) is 0 Å². The van der Waals surface area contributed by atoms with E-state index in [0.717, 1.165) is 30.5 Å². The lowest BCUT2D eigenvalue weighted by Crippen LogP contribution is -2.38. The molecule has 4 amide bonds. The zero-order valence-electron chi connectivity index (χ0n) is 13.4. The Hall–Kier alpha value is -3.16. The molecule has 3 N–H and O–H groups in total. The lowest BCUT2D eigenvalue weighted by Gasteiger charge is -2.23. The molecule has 0 radical (unpaired) electrons. The lowest BCUT2D eigenvalue weighted by molar-refractivity contribution is -0.117. The van der Waals surface area contributed by atoms with E-state index in [0.29, 0.717) is 11.3 Å². The number of aryl methyl sites for hydroxylation is 1. The molecule has 1 aliphatic heterocycles. The Bertz CT molecular complexity index is 842. The van der Waals surface area contributed by atoms with E-state index in [1.807, 2.05) is 6.20 Å². The van der Waals surface area contributed by atoms with Crippen molar-refractivity contribution in [3.8, 4) is 0 Å². The molecule has 1 aliphatic carbocycles. The standard InChI is InChI=1S/C17H17N5O3/c23-15-9-22(17(25)20-15)13-4-1-10(2-5-13)16(24)19-12-3-6-14-11(7-12)8-18-21-14/h1-2,4-5,8,12H,3,6-7,9H2,(H,18,21)(H,19,24)(H,20,23,25)/t12-/m0/s1. The zero-order chi connectivity index (χ0) is 17.4. The number of amides is 4. The van der Waals surface area contributed by atoms with Gasteiger partial charge in [0.15, 0.2) is 0 Å². The summed E-state index contributed by atoms with van der Waals surface area (Å²) in [7, 11) is 0. The van der Waals surface area contributed by atoms with Gasteiger partial charge in [-0.2, -0.15) is 5.10 Å². The number of fused-ring (bicyclic) bond motifs is 1. The van der Waals surface area contributed by atoms with E-state index in [1.54, 1.807) is 24.3 Å². The summed E-state index contributed by atoms with van der Waals surface area (Å²) in [6.07, 6.45) is 4.32. The van der Waals surface area contributed by atoms with Crippen molar-refractivity contribution in [2.75, 3.05) is 11.4 Å². The largest absolute Gasteiger partial charge is 0.349 e. The number of urea groups is 1. The summed E-state index contributed by atoms with van der Waals surface area (Å²) in [5, 5.41) is 12.3. The molecular weight excluding hydrogens is 322 g/mol. The Morgan fingerprint density at radius 2 is 2.04 bits per heavy atom. The number of benzene rings is 1. The summed E-state index contributed by atoms with van der Waals surface area (Å²) < 4.78 is 0. The molecule has 2 heterocycles. The number of hydrogen-bond donors (Lipinski definition) is 3. The van der Waals surface area contributed by atoms with E-state index < -0.39 is 6.03 Å². The second-order valence-corrected chi connectivity index (χ2v) is 6.27. The van der Waals surface area contributed by atoms with Gasteiger partial charge in [-0.3, -0.25) is 24.9 Å². The topological polar surface area (TPSA) is 107 Å². The summed E-state index contributed by atoms with van der Waals surface area (Å²) in [5.41, 5.74) is 3.40. The maximum absolute atomic E-state index is 12.4. The molecule has 1 atom stereocenters. The molecule has 1 fully saturated rings. The fraction of sp³-hybridized carbons (Fsp3) is 0.294. The minimum Gasteiger partial charge on any atom is -0.349 e. The van der Waals surface area contributed by atoms with Crippen LogP contribution in [0.5, 0.6) is 0 Å². The number of aromatic amines is 1. The Morgan fingerprint density at radius 3 is 2.76 bits per heavy atom. The molecule has 2 aliphatic rings. The highest BCUT2D eigenvalue weighted by molar-refractivity contribution is 6.12. The summed E-state index contributed by atoms with van der Waals surface area (Å²) in [4.78, 5) is 36.7. The van der Waals surface area contributed by atoms with Gasteiger partial charge in [0.05, 0.1) is 6.20 Å². The van der Waals surface area contributed by atoms with Crippen molar-refractivity contribution >= 4 is 23.5 Å². The van der Waals surface area contributed by atoms with Crippen molar-refractivity contribution in [1.82, 2.24) is 20.8 Å². The van der Waals surface area contributed by atoms with E-state index in [-0.39, 0.29) is 24.4 Å². The van der Waals surface area contributed by atoms with Crippen LogP contribution in [-0.4, -0.2) is 40.6 Å². The van der Waals surface area contributed by atoms with E-state index in [9.17, 15) is 14.4 Å². The van der Waals surface area contributed by atoms with Crippen LogP contribution in [0.4, 0.5) is 10.5 Å². The molecule has 25 heavy (non-hydrogen) atoms. The van der Waals surface area contributed by atoms with Gasteiger partial charge in [0.2, 0.25) is 5.91 Å². The molecule has 8 heteroatoms. The van der Waals surface area contributed by atoms with Crippen molar-refractivity contribution in [3.05, 3.63) is 47.3 Å². The minimum absolute atomic E-state index is 0.000512. The molecule has 1 saturated heterocycles. The van der Waals surface area contributed by atoms with Gasteiger partial charge in [-0.05, 0) is 49.1 Å². The lowest BCUT2D eigenvalue weighted by atomic mass is 9.93. The number of hydrogen-bond acceptors (Lipinski definition) is 4. The molecule has 1 aromatic heterocycles. The van der Waals surface area contributed by atoms with Gasteiger partial charge in [-0.25, -0.2) is 4.79 Å². The van der Waals surface area contributed by atoms with Crippen molar-refractivity contribution in [3.63, 3.8) is 0 Å². The number of carbonyl (C=O) groups is 3. The number of nitrogens with zero attached hydrogens (tertiary/aromatic N) is 2. The molecule has 128 valence electrons. The van der Waals surface area contributed by atoms with Crippen molar-refractivity contribution in [1.29, 1.82) is 0 Å². The Kier molecular flexibility index (Phi) is 3.72. The van der Waals surface area contributed by atoms with Crippen molar-refractivity contribution in [2.24, 2.45) is 0 Å². The summed E-state index contributed by atoms with van der Waals surface area (Å²) >= 11 is 0. The fourth-order valence-corrected chi connectivity index (χ4v) is 3.25. The molecule has 0 spiro atoms. The molecule has 0 saturated carbocycles. The molecule has 2 aromatic rings. The zero-order valence-corrected chi connectivity index (χ0v) is 13.4. The quantitative estimate of drug-likeness (QED) is 0.717. The van der Waals surface area contributed by atoms with Gasteiger partial charge in [-0.15, -0.1) is 0 Å². The maximum Gasteiger partial charge on any atom is 0.329 e. The van der Waals surface area contributed by atoms with Gasteiger partial charge in [-0.1, -0.05) is 0 Å². The predicted molar refractivity (Wildman–Crippen MR) is 89.2 cm³/mol. The first kappa shape index (κ1) is 15.4. The van der Waals surface area contributed by atoms with Gasteiger partial charge < -0.3 is 5.32 Å². The molecule has 0 bridgehead atoms. The third kappa shape index (κ3) is 2.98. The first-order valence-electron chi connectivity index (χ1n) is 8.13. The highest BCUT2D eigenvalue weighted by Gasteiger charge is 2.28. The number of carbonyl (C=O) groups excluding carboxylic acids is 3. The van der Waals surface area contributed by atoms with Crippen LogP contribution in [0.1, 0.15) is 28.0 Å². The normalized spacial score (nSPS) is 19.5. The number of H-pyrrole nitrogens is 1. The molecule has 8 nitrogen and oxygen atoms in total. The summed E-state index contributed by atoms with van der Waals surface area (Å²) in [6.45, 7) is -0.000512. The van der Waals surface area contributed by atoms with Crippen LogP contribution >= 0.6 is 0 Å². The first-order valence-corrected chi connectivity index (χ1v) is 8.13. The second-order valence-electron chi connectivity index (χ2n) is 6.27. The molecule has 0 unspecified atom stereocenters. The van der Waals surface area contributed by atoms with E-state index in [1.165, 1.54) is 4.90 Å². The third-order valence-electron chi connectivity index (χ3n) is 4.59. The number of aromatic nitrogens is 2. The monoisotopic (exact) mass is 339 g/mol. The van der Waals surface area contributed by atoms with Crippen LogP contribution in [-0.2, 0) is 17.6 Å². The van der Waals surface area contributed by atoms with Crippen LogP contribution in [0, 0.1) is 0 Å². The van der Waals surface area contributed by atoms with E-state index in [2.05, 4.69) is 20.8 Å². The van der Waals surface area contributed by atoms with Crippen LogP contribution in [0.2, 0.25) is 0 Å². The Balaban J connectivity index is 1.41. The van der Waals surface area contributed by atoms with Crippen molar-refractivity contribution < 1.29 is 14.4 Å². The molecule has 4 rings (SSSR count). The van der Waals surface area contributed by atoms with E-state index >= 15 is 0 Å². The van der Waals surface area contributed by atoms with Crippen LogP contribution in [0.25, 0.3) is 0 Å². The number of anilines is 1. The van der Waals surface area contributed by atoms with Gasteiger partial charge >= 0.3 is 6.03 Å². The van der Waals surface area contributed by atoms with Gasteiger partial charge in [0.25, 0.3) is 5.91 Å². The maximum atomic E-state index is 12.4. The third-order valence-corrected chi connectivity index (χ3v) is 4.59. The van der Waals surface area contributed by atoms with Gasteiger partial charge in [0, 0.05) is 23.0 Å². The predicted octanol–water partition coefficient (Wildman–Crippen LogP) is 0.753. The average molecular weight is 339 g/mol. The fourth-order valence-electron chi connectivity index (χ4n) is 3.25. The Morgan fingerprint density at radius 1 is 1.24 bits per heavy atom. The van der Waals surface area contributed by atoms with Crippen LogP contribution in [0.15, 0.2) is 30.5 Å². The smallest absolute Gasteiger partial charge is 0.329 e. The SMILES string of the molecule is O=C1CN(c2ccc(C(=O)N[C@H]3CCc4[nH]ncc4C3)cc2)C(=O)N1. The summed E-state index contributed by atoms with van der Waals surface area (Å²) in [5.74, 6) is -0.479. The summed E-state index contributed by atoms with van der Waals surface area (Å²) in [6, 6.07) is 6.30. The number of imide groups is 1. The minimum atomic E-state index is -0.444. The van der Waals surface area contributed by atoms with E-state index in [4.69, 9.17) is 0 Å².